The van der Waals surface area contributed by atoms with Crippen LogP contribution in [-0.2, 0) is 4.79 Å². The van der Waals surface area contributed by atoms with Gasteiger partial charge in [0.1, 0.15) is 11.4 Å². The van der Waals surface area contributed by atoms with Gasteiger partial charge in [-0.1, -0.05) is 0 Å². The minimum absolute atomic E-state index is 0.0367. The van der Waals surface area contributed by atoms with Crippen LogP contribution in [0.5, 0.6) is 0 Å². The third-order valence-electron chi connectivity index (χ3n) is 2.27. The Morgan fingerprint density at radius 3 is 3.13 bits per heavy atom. The van der Waals surface area contributed by atoms with Gasteiger partial charge >= 0.3 is 5.97 Å². The average molecular weight is 206 g/mol. The molecule has 0 aliphatic carbocycles. The van der Waals surface area contributed by atoms with Crippen LogP contribution >= 0.6 is 0 Å². The summed E-state index contributed by atoms with van der Waals surface area (Å²) in [6, 6.07) is 1.72. The van der Waals surface area contributed by atoms with E-state index in [1.807, 2.05) is 0 Å². The standard InChI is InChI=1S/C9H10N4O2/c10-3-6(9(14)15)8-5-1-2-11-4-7(5)12-13-8/h1-2,4,6H,3,10H2,(H,12,13)(H,14,15). The van der Waals surface area contributed by atoms with E-state index in [2.05, 4.69) is 15.2 Å². The highest BCUT2D eigenvalue weighted by molar-refractivity contribution is 5.87. The number of rotatable bonds is 3. The predicted octanol–water partition coefficient (Wildman–Crippen LogP) is 0.0848. The minimum Gasteiger partial charge on any atom is -0.481 e. The lowest BCUT2D eigenvalue weighted by Crippen LogP contribution is -2.21. The molecule has 0 aliphatic heterocycles. The smallest absolute Gasteiger partial charge is 0.313 e. The van der Waals surface area contributed by atoms with Crippen LogP contribution in [0.25, 0.3) is 10.9 Å². The van der Waals surface area contributed by atoms with Gasteiger partial charge in [-0.15, -0.1) is 0 Å². The molecule has 2 rings (SSSR count). The zero-order valence-electron chi connectivity index (χ0n) is 7.84. The number of nitrogens with one attached hydrogen (secondary N) is 1. The number of aliphatic carboxylic acids is 1. The van der Waals surface area contributed by atoms with Crippen LogP contribution < -0.4 is 5.73 Å². The zero-order valence-corrected chi connectivity index (χ0v) is 7.84. The normalized spacial score (nSPS) is 12.9. The number of carboxylic acid groups (broad SMARTS) is 1. The van der Waals surface area contributed by atoms with Gasteiger partial charge in [-0.3, -0.25) is 14.9 Å². The van der Waals surface area contributed by atoms with Gasteiger partial charge in [0.2, 0.25) is 0 Å². The number of nitrogens with two attached hydrogens (primary N) is 1. The summed E-state index contributed by atoms with van der Waals surface area (Å²) < 4.78 is 0. The second-order valence-electron chi connectivity index (χ2n) is 3.16. The Morgan fingerprint density at radius 1 is 1.67 bits per heavy atom. The molecule has 2 aromatic rings. The summed E-state index contributed by atoms with van der Waals surface area (Å²) >= 11 is 0. The molecule has 0 saturated heterocycles. The molecule has 4 N–H and O–H groups in total. The lowest BCUT2D eigenvalue weighted by Gasteiger charge is -2.06. The molecular formula is C9H10N4O2. The molecule has 6 heteroatoms. The summed E-state index contributed by atoms with van der Waals surface area (Å²) in [5.41, 5.74) is 6.59. The summed E-state index contributed by atoms with van der Waals surface area (Å²) in [4.78, 5) is 14.8. The Kier molecular flexibility index (Phi) is 2.34. The number of carboxylic acids is 1. The molecule has 6 nitrogen and oxygen atoms in total. The number of pyridine rings is 1. The monoisotopic (exact) mass is 206 g/mol. The average Bonchev–Trinajstić information content (AvgIpc) is 2.63. The summed E-state index contributed by atoms with van der Waals surface area (Å²) in [7, 11) is 0. The Hall–Kier alpha value is -1.95. The molecule has 15 heavy (non-hydrogen) atoms. The van der Waals surface area contributed by atoms with Gasteiger partial charge in [-0.05, 0) is 6.07 Å². The van der Waals surface area contributed by atoms with Crippen LogP contribution in [-0.4, -0.2) is 32.8 Å². The molecule has 0 aromatic carbocycles. The SMILES string of the molecule is NCC(C(=O)O)c1[nH]nc2cnccc12. The highest BCUT2D eigenvalue weighted by Crippen LogP contribution is 2.21. The quantitative estimate of drug-likeness (QED) is 0.659. The number of hydrogen-bond acceptors (Lipinski definition) is 4. The maximum atomic E-state index is 10.9. The van der Waals surface area contributed by atoms with Crippen molar-refractivity contribution in [3.05, 3.63) is 24.2 Å². The van der Waals surface area contributed by atoms with E-state index in [-0.39, 0.29) is 6.54 Å². The van der Waals surface area contributed by atoms with E-state index >= 15 is 0 Å². The summed E-state index contributed by atoms with van der Waals surface area (Å²) in [5.74, 6) is -1.71. The molecular weight excluding hydrogens is 196 g/mol. The van der Waals surface area contributed by atoms with Crippen LogP contribution in [0.15, 0.2) is 18.5 Å². The van der Waals surface area contributed by atoms with Crippen LogP contribution in [0.4, 0.5) is 0 Å². The first-order chi connectivity index (χ1) is 7.24. The number of hydrogen-bond donors (Lipinski definition) is 3. The van der Waals surface area contributed by atoms with Crippen molar-refractivity contribution in [2.45, 2.75) is 5.92 Å². The number of carbonyl (C=O) groups is 1. The third kappa shape index (κ3) is 1.55. The fourth-order valence-electron chi connectivity index (χ4n) is 1.49. The molecule has 78 valence electrons. The van der Waals surface area contributed by atoms with Crippen molar-refractivity contribution in [2.24, 2.45) is 5.73 Å². The summed E-state index contributed by atoms with van der Waals surface area (Å²) in [5, 5.41) is 16.4. The van der Waals surface area contributed by atoms with E-state index in [4.69, 9.17) is 10.8 Å². The van der Waals surface area contributed by atoms with E-state index in [0.717, 1.165) is 5.39 Å². The van der Waals surface area contributed by atoms with E-state index in [9.17, 15) is 4.79 Å². The van der Waals surface area contributed by atoms with E-state index < -0.39 is 11.9 Å². The highest BCUT2D eigenvalue weighted by Gasteiger charge is 2.22. The molecule has 2 aromatic heterocycles. The van der Waals surface area contributed by atoms with Gasteiger partial charge in [0, 0.05) is 18.1 Å². The molecule has 0 aliphatic rings. The topological polar surface area (TPSA) is 105 Å². The lowest BCUT2D eigenvalue weighted by molar-refractivity contribution is -0.138. The first kappa shape index (κ1) is 9.60. The Balaban J connectivity index is 2.55. The molecule has 0 saturated carbocycles. The van der Waals surface area contributed by atoms with Gasteiger partial charge in [0.25, 0.3) is 0 Å². The second-order valence-corrected chi connectivity index (χ2v) is 3.16. The van der Waals surface area contributed by atoms with Crippen LogP contribution in [0.3, 0.4) is 0 Å². The highest BCUT2D eigenvalue weighted by atomic mass is 16.4. The number of aromatic nitrogens is 3. The van der Waals surface area contributed by atoms with Gasteiger partial charge in [0.05, 0.1) is 11.9 Å². The Bertz CT molecular complexity index is 494. The molecule has 0 fully saturated rings. The first-order valence-electron chi connectivity index (χ1n) is 4.45. The Morgan fingerprint density at radius 2 is 2.47 bits per heavy atom. The number of H-pyrrole nitrogens is 1. The zero-order chi connectivity index (χ0) is 10.8. The first-order valence-corrected chi connectivity index (χ1v) is 4.45. The molecule has 0 spiro atoms. The van der Waals surface area contributed by atoms with E-state index in [0.29, 0.717) is 11.2 Å². The fraction of sp³-hybridized carbons (Fsp3) is 0.222. The van der Waals surface area contributed by atoms with Crippen molar-refractivity contribution in [2.75, 3.05) is 6.54 Å². The van der Waals surface area contributed by atoms with Crippen LogP contribution in [0, 0.1) is 0 Å². The van der Waals surface area contributed by atoms with E-state index in [1.54, 1.807) is 18.5 Å². The minimum atomic E-state index is -0.958. The summed E-state index contributed by atoms with van der Waals surface area (Å²) in [6.07, 6.45) is 3.17. The van der Waals surface area contributed by atoms with Crippen molar-refractivity contribution in [1.29, 1.82) is 0 Å². The molecule has 1 atom stereocenters. The molecule has 0 amide bonds. The maximum Gasteiger partial charge on any atom is 0.313 e. The van der Waals surface area contributed by atoms with Crippen molar-refractivity contribution >= 4 is 16.9 Å². The van der Waals surface area contributed by atoms with Crippen LogP contribution in [0.2, 0.25) is 0 Å². The van der Waals surface area contributed by atoms with Crippen molar-refractivity contribution in [3.8, 4) is 0 Å². The summed E-state index contributed by atoms with van der Waals surface area (Å²) in [6.45, 7) is 0.0367. The van der Waals surface area contributed by atoms with Gasteiger partial charge in [-0.25, -0.2) is 0 Å². The number of nitrogens with zero attached hydrogens (tertiary/aromatic N) is 2. The fourth-order valence-corrected chi connectivity index (χ4v) is 1.49. The number of aromatic amines is 1. The molecule has 0 radical (unpaired) electrons. The van der Waals surface area contributed by atoms with Gasteiger partial charge in [-0.2, -0.15) is 5.10 Å². The third-order valence-corrected chi connectivity index (χ3v) is 2.27. The predicted molar refractivity (Wildman–Crippen MR) is 53.3 cm³/mol. The van der Waals surface area contributed by atoms with Gasteiger partial charge in [0.15, 0.2) is 0 Å². The van der Waals surface area contributed by atoms with Crippen molar-refractivity contribution in [1.82, 2.24) is 15.2 Å². The number of fused-ring (bicyclic) bond motifs is 1. The van der Waals surface area contributed by atoms with Crippen molar-refractivity contribution in [3.63, 3.8) is 0 Å². The molecule has 2 heterocycles. The van der Waals surface area contributed by atoms with Crippen LogP contribution in [0.1, 0.15) is 11.6 Å². The maximum absolute atomic E-state index is 10.9. The Labute approximate surface area is 85.1 Å². The second kappa shape index (κ2) is 3.66. The lowest BCUT2D eigenvalue weighted by atomic mass is 10.0. The van der Waals surface area contributed by atoms with Crippen molar-refractivity contribution < 1.29 is 9.90 Å². The largest absolute Gasteiger partial charge is 0.481 e. The van der Waals surface area contributed by atoms with Gasteiger partial charge < -0.3 is 10.8 Å². The molecule has 0 bridgehead atoms. The van der Waals surface area contributed by atoms with E-state index in [1.165, 1.54) is 0 Å². The molecule has 1 unspecified atom stereocenters.